The Bertz CT molecular complexity index is 447. The van der Waals surface area contributed by atoms with Crippen molar-refractivity contribution in [2.24, 2.45) is 5.92 Å². The number of likely N-dealkylation sites (tertiary alicyclic amines) is 1. The van der Waals surface area contributed by atoms with Gasteiger partial charge in [-0.25, -0.2) is 0 Å². The second-order valence-electron chi connectivity index (χ2n) is 4.93. The maximum absolute atomic E-state index is 12.1. The molecular weight excluding hydrogens is 242 g/mol. The fourth-order valence-corrected chi connectivity index (χ4v) is 2.78. The van der Waals surface area contributed by atoms with Crippen molar-refractivity contribution >= 4 is 5.97 Å². The van der Waals surface area contributed by atoms with E-state index in [1.165, 1.54) is 0 Å². The minimum Gasteiger partial charge on any atom is -0.496 e. The molecule has 4 heteroatoms. The van der Waals surface area contributed by atoms with E-state index in [1.807, 2.05) is 38.2 Å². The van der Waals surface area contributed by atoms with Crippen LogP contribution in [0.5, 0.6) is 5.75 Å². The second-order valence-corrected chi connectivity index (χ2v) is 4.93. The van der Waals surface area contributed by atoms with Gasteiger partial charge < -0.3 is 14.4 Å². The molecule has 0 spiro atoms. The molecule has 1 aliphatic heterocycles. The van der Waals surface area contributed by atoms with Gasteiger partial charge in [0, 0.05) is 19.0 Å². The number of carbonyl (C=O) groups excluding carboxylic acids is 1. The van der Waals surface area contributed by atoms with E-state index in [2.05, 4.69) is 4.90 Å². The van der Waals surface area contributed by atoms with Crippen LogP contribution >= 0.6 is 0 Å². The lowest BCUT2D eigenvalue weighted by Crippen LogP contribution is -2.24. The number of benzene rings is 1. The van der Waals surface area contributed by atoms with E-state index in [1.54, 1.807) is 7.11 Å². The van der Waals surface area contributed by atoms with Gasteiger partial charge >= 0.3 is 5.97 Å². The topological polar surface area (TPSA) is 38.8 Å². The van der Waals surface area contributed by atoms with Crippen LogP contribution in [0.1, 0.15) is 18.4 Å². The molecule has 1 saturated heterocycles. The summed E-state index contributed by atoms with van der Waals surface area (Å²) >= 11 is 0. The average molecular weight is 263 g/mol. The van der Waals surface area contributed by atoms with Gasteiger partial charge in [-0.15, -0.1) is 0 Å². The predicted octanol–water partition coefficient (Wildman–Crippen LogP) is 1.90. The van der Waals surface area contributed by atoms with Crippen molar-refractivity contribution in [3.63, 3.8) is 0 Å². The smallest absolute Gasteiger partial charge is 0.310 e. The molecule has 1 aromatic carbocycles. The number of para-hydroxylation sites is 1. The lowest BCUT2D eigenvalue weighted by molar-refractivity contribution is -0.147. The fraction of sp³-hybridized carbons (Fsp3) is 0.533. The third-order valence-corrected chi connectivity index (χ3v) is 3.63. The number of carbonyl (C=O) groups is 1. The Balaban J connectivity index is 2.28. The van der Waals surface area contributed by atoms with Crippen LogP contribution in [-0.4, -0.2) is 44.7 Å². The van der Waals surface area contributed by atoms with Gasteiger partial charge in [0.1, 0.15) is 5.75 Å². The summed E-state index contributed by atoms with van der Waals surface area (Å²) in [7, 11) is 3.69. The van der Waals surface area contributed by atoms with Gasteiger partial charge in [0.2, 0.25) is 0 Å². The molecule has 0 saturated carbocycles. The summed E-state index contributed by atoms with van der Waals surface area (Å²) in [6, 6.07) is 7.91. The summed E-state index contributed by atoms with van der Waals surface area (Å²) in [5, 5.41) is 0. The quantitative estimate of drug-likeness (QED) is 0.778. The van der Waals surface area contributed by atoms with Crippen LogP contribution < -0.4 is 4.74 Å². The Labute approximate surface area is 114 Å². The molecule has 1 aliphatic rings. The van der Waals surface area contributed by atoms with Crippen molar-refractivity contribution in [2.75, 3.05) is 33.9 Å². The number of esters is 1. The van der Waals surface area contributed by atoms with E-state index >= 15 is 0 Å². The van der Waals surface area contributed by atoms with Crippen molar-refractivity contribution in [1.82, 2.24) is 4.90 Å². The Morgan fingerprint density at radius 2 is 2.11 bits per heavy atom. The summed E-state index contributed by atoms with van der Waals surface area (Å²) in [5.41, 5.74) is 1.09. The number of ether oxygens (including phenoxy) is 2. The fourth-order valence-electron chi connectivity index (χ4n) is 2.78. The minimum absolute atomic E-state index is 0.109. The van der Waals surface area contributed by atoms with Gasteiger partial charge in [0.05, 0.1) is 19.6 Å². The van der Waals surface area contributed by atoms with Crippen molar-refractivity contribution in [2.45, 2.75) is 12.8 Å². The van der Waals surface area contributed by atoms with E-state index in [9.17, 15) is 4.79 Å². The first kappa shape index (κ1) is 13.9. The van der Waals surface area contributed by atoms with Crippen molar-refractivity contribution in [1.29, 1.82) is 0 Å². The summed E-state index contributed by atoms with van der Waals surface area (Å²) in [4.78, 5) is 14.2. The molecule has 0 bridgehead atoms. The molecule has 1 heterocycles. The largest absolute Gasteiger partial charge is 0.496 e. The van der Waals surface area contributed by atoms with E-state index < -0.39 is 0 Å². The number of rotatable bonds is 4. The summed E-state index contributed by atoms with van der Waals surface area (Å²) in [6.45, 7) is 3.86. The lowest BCUT2D eigenvalue weighted by atomic mass is 9.88. The lowest BCUT2D eigenvalue weighted by Gasteiger charge is -2.19. The molecule has 104 valence electrons. The number of likely N-dealkylation sites (N-methyl/N-ethyl adjacent to an activating group) is 1. The molecule has 0 amide bonds. The summed E-state index contributed by atoms with van der Waals surface area (Å²) in [5.74, 6) is 0.765. The molecular formula is C15H21NO3. The Morgan fingerprint density at radius 1 is 1.37 bits per heavy atom. The van der Waals surface area contributed by atoms with E-state index in [0.29, 0.717) is 6.61 Å². The number of hydrogen-bond acceptors (Lipinski definition) is 4. The standard InChI is InChI=1S/C15H21NO3/c1-4-19-15(17)13-10-16(2)9-12(13)11-7-5-6-8-14(11)18-3/h5-8,12-13H,4,9-10H2,1-3H3. The highest BCUT2D eigenvalue weighted by Gasteiger charge is 2.39. The highest BCUT2D eigenvalue weighted by Crippen LogP contribution is 2.37. The normalized spacial score (nSPS) is 23.3. The molecule has 2 atom stereocenters. The monoisotopic (exact) mass is 263 g/mol. The molecule has 0 aliphatic carbocycles. The number of methoxy groups -OCH3 is 1. The summed E-state index contributed by atoms with van der Waals surface area (Å²) in [6.07, 6.45) is 0. The Hall–Kier alpha value is -1.55. The van der Waals surface area contributed by atoms with E-state index in [4.69, 9.17) is 9.47 Å². The molecule has 0 radical (unpaired) electrons. The Morgan fingerprint density at radius 3 is 2.79 bits per heavy atom. The van der Waals surface area contributed by atoms with Crippen LogP contribution in [-0.2, 0) is 9.53 Å². The second kappa shape index (κ2) is 6.06. The number of nitrogens with zero attached hydrogens (tertiary/aromatic N) is 1. The highest BCUT2D eigenvalue weighted by atomic mass is 16.5. The molecule has 1 fully saturated rings. The van der Waals surface area contributed by atoms with Gasteiger partial charge in [0.25, 0.3) is 0 Å². The van der Waals surface area contributed by atoms with Gasteiger partial charge in [0.15, 0.2) is 0 Å². The van der Waals surface area contributed by atoms with Gasteiger partial charge in [-0.05, 0) is 25.6 Å². The predicted molar refractivity (Wildman–Crippen MR) is 73.4 cm³/mol. The Kier molecular flexibility index (Phi) is 4.43. The first-order valence-electron chi connectivity index (χ1n) is 6.65. The minimum atomic E-state index is -0.110. The number of hydrogen-bond donors (Lipinski definition) is 0. The SMILES string of the molecule is CCOC(=O)C1CN(C)CC1c1ccccc1OC. The van der Waals surface area contributed by atoms with Crippen molar-refractivity contribution in [3.8, 4) is 5.75 Å². The van der Waals surface area contributed by atoms with Gasteiger partial charge in [-0.2, -0.15) is 0 Å². The third kappa shape index (κ3) is 2.89. The third-order valence-electron chi connectivity index (χ3n) is 3.63. The first-order valence-corrected chi connectivity index (χ1v) is 6.65. The zero-order valence-corrected chi connectivity index (χ0v) is 11.8. The molecule has 4 nitrogen and oxygen atoms in total. The average Bonchev–Trinajstić information content (AvgIpc) is 2.81. The van der Waals surface area contributed by atoms with Crippen LogP contribution in [0.2, 0.25) is 0 Å². The maximum Gasteiger partial charge on any atom is 0.310 e. The van der Waals surface area contributed by atoms with Crippen molar-refractivity contribution in [3.05, 3.63) is 29.8 Å². The molecule has 19 heavy (non-hydrogen) atoms. The van der Waals surface area contributed by atoms with E-state index in [0.717, 1.165) is 24.4 Å². The zero-order chi connectivity index (χ0) is 13.8. The first-order chi connectivity index (χ1) is 9.17. The van der Waals surface area contributed by atoms with Crippen LogP contribution in [0.15, 0.2) is 24.3 Å². The van der Waals surface area contributed by atoms with Gasteiger partial charge in [-0.3, -0.25) is 4.79 Å². The highest BCUT2D eigenvalue weighted by molar-refractivity contribution is 5.75. The van der Waals surface area contributed by atoms with Crippen LogP contribution in [0.3, 0.4) is 0 Å². The maximum atomic E-state index is 12.1. The van der Waals surface area contributed by atoms with Crippen molar-refractivity contribution < 1.29 is 14.3 Å². The molecule has 2 rings (SSSR count). The van der Waals surface area contributed by atoms with Gasteiger partial charge in [-0.1, -0.05) is 18.2 Å². The van der Waals surface area contributed by atoms with Crippen LogP contribution in [0, 0.1) is 5.92 Å². The molecule has 0 N–H and O–H groups in total. The zero-order valence-electron chi connectivity index (χ0n) is 11.8. The van der Waals surface area contributed by atoms with E-state index in [-0.39, 0.29) is 17.8 Å². The van der Waals surface area contributed by atoms with Crippen LogP contribution in [0.25, 0.3) is 0 Å². The molecule has 2 unspecified atom stereocenters. The summed E-state index contributed by atoms with van der Waals surface area (Å²) < 4.78 is 10.6. The molecule has 0 aromatic heterocycles. The van der Waals surface area contributed by atoms with Crippen LogP contribution in [0.4, 0.5) is 0 Å². The molecule has 1 aromatic rings.